The van der Waals surface area contributed by atoms with E-state index in [1.807, 2.05) is 6.07 Å². The third-order valence-electron chi connectivity index (χ3n) is 10.6. The molecule has 4 N–H and O–H groups in total. The molecule has 0 radical (unpaired) electrons. The number of rotatable bonds is 3. The third kappa shape index (κ3) is 5.65. The lowest BCUT2D eigenvalue weighted by Gasteiger charge is -2.34. The highest BCUT2D eigenvalue weighted by molar-refractivity contribution is 6.29. The molecule has 1 saturated carbocycles. The molecule has 17 heteroatoms. The Morgan fingerprint density at radius 2 is 1.10 bits per heavy atom. The zero-order valence-corrected chi connectivity index (χ0v) is 30.6. The van der Waals surface area contributed by atoms with Crippen LogP contribution in [0.5, 0.6) is 23.0 Å². The number of nitrogens with two attached hydrogens (primary N) is 2. The van der Waals surface area contributed by atoms with Crippen molar-refractivity contribution in [3.63, 3.8) is 0 Å². The highest BCUT2D eigenvalue weighted by Crippen LogP contribution is 2.55. The summed E-state index contributed by atoms with van der Waals surface area (Å²) in [7, 11) is 0. The molecule has 0 bridgehead atoms. The molecule has 8 heterocycles. The molecule has 4 aromatic heterocycles. The number of halogens is 5. The van der Waals surface area contributed by atoms with Crippen LogP contribution in [0, 0.1) is 23.8 Å². The van der Waals surface area contributed by atoms with Crippen LogP contribution in [0.3, 0.4) is 0 Å². The minimum Gasteiger partial charge on any atom is -0.462 e. The highest BCUT2D eigenvalue weighted by Gasteiger charge is 2.50. The predicted molar refractivity (Wildman–Crippen MR) is 201 cm³/mol. The Bertz CT molecular complexity index is 2790. The molecule has 290 valence electrons. The Morgan fingerprint density at radius 3 is 1.57 bits per heavy atom. The van der Waals surface area contributed by atoms with Gasteiger partial charge in [-0.15, -0.1) is 0 Å². The fourth-order valence-corrected chi connectivity index (χ4v) is 7.92. The quantitative estimate of drug-likeness (QED) is 0.133. The number of aromatic nitrogens is 4. The van der Waals surface area contributed by atoms with E-state index in [1.54, 1.807) is 60.7 Å². The lowest BCUT2D eigenvalue weighted by Crippen LogP contribution is -2.32. The summed E-state index contributed by atoms with van der Waals surface area (Å²) in [5.41, 5.74) is 13.9. The van der Waals surface area contributed by atoms with E-state index in [-0.39, 0.29) is 47.8 Å². The number of aliphatic imine (C=N–C) groups is 2. The van der Waals surface area contributed by atoms with E-state index >= 15 is 0 Å². The Kier molecular flexibility index (Phi) is 8.05. The van der Waals surface area contributed by atoms with Gasteiger partial charge in [0.15, 0.2) is 22.6 Å². The fraction of sp³-hybridized carbons (Fsp3) is 0.171. The van der Waals surface area contributed by atoms with Crippen LogP contribution in [0.1, 0.15) is 46.7 Å². The molecule has 6 aromatic rings. The first-order valence-corrected chi connectivity index (χ1v) is 18.3. The number of fused-ring (bicyclic) bond motifs is 8. The molecule has 0 saturated heterocycles. The van der Waals surface area contributed by atoms with Crippen molar-refractivity contribution in [3.05, 3.63) is 142 Å². The largest absolute Gasteiger partial charge is 0.462 e. The van der Waals surface area contributed by atoms with Gasteiger partial charge in [-0.2, -0.15) is 17.6 Å². The molecule has 4 aliphatic heterocycles. The second-order valence-electron chi connectivity index (χ2n) is 14.1. The summed E-state index contributed by atoms with van der Waals surface area (Å²) >= 11 is 5.97. The number of hydrogen-bond acceptors (Lipinski definition) is 12. The van der Waals surface area contributed by atoms with E-state index in [9.17, 15) is 17.6 Å². The summed E-state index contributed by atoms with van der Waals surface area (Å²) in [6.07, 6.45) is 4.71. The monoisotopic (exact) mass is 806 g/mol. The summed E-state index contributed by atoms with van der Waals surface area (Å²) in [6, 6.07) is 19.9. The molecule has 2 atom stereocenters. The smallest absolute Gasteiger partial charge is 0.283 e. The first-order chi connectivity index (χ1) is 28.0. The molecule has 5 aliphatic rings. The normalized spacial score (nSPS) is 20.5. The molecular weight excluding hydrogens is 780 g/mol. The van der Waals surface area contributed by atoms with E-state index in [0.29, 0.717) is 61.7 Å². The van der Waals surface area contributed by atoms with Crippen LogP contribution < -0.4 is 20.9 Å². The highest BCUT2D eigenvalue weighted by atomic mass is 35.5. The van der Waals surface area contributed by atoms with Gasteiger partial charge in [0.05, 0.1) is 0 Å². The summed E-state index contributed by atoms with van der Waals surface area (Å²) in [5, 5.41) is -0.0576. The maximum atomic E-state index is 14.9. The van der Waals surface area contributed by atoms with Crippen LogP contribution in [-0.2, 0) is 20.6 Å². The molecule has 0 amide bonds. The Balaban J connectivity index is 0.000000141. The Labute approximate surface area is 331 Å². The van der Waals surface area contributed by atoms with Crippen molar-refractivity contribution < 1.29 is 36.5 Å². The van der Waals surface area contributed by atoms with E-state index in [4.69, 9.17) is 42.0 Å². The predicted octanol–water partition coefficient (Wildman–Crippen LogP) is 7.76. The number of ether oxygens (including phenoxy) is 4. The van der Waals surface area contributed by atoms with E-state index in [1.165, 1.54) is 18.5 Å². The summed E-state index contributed by atoms with van der Waals surface area (Å²) < 4.78 is 80.5. The third-order valence-corrected chi connectivity index (χ3v) is 10.8. The van der Waals surface area contributed by atoms with Crippen LogP contribution in [0.4, 0.5) is 17.6 Å². The summed E-state index contributed by atoms with van der Waals surface area (Å²) in [5.74, 6) is -1.84. The van der Waals surface area contributed by atoms with Crippen molar-refractivity contribution in [2.24, 2.45) is 21.5 Å². The number of pyridine rings is 4. The van der Waals surface area contributed by atoms with Gasteiger partial charge in [-0.05, 0) is 84.6 Å². The van der Waals surface area contributed by atoms with Crippen LogP contribution in [0.2, 0.25) is 5.15 Å². The molecule has 1 fully saturated rings. The molecule has 1 aliphatic carbocycles. The van der Waals surface area contributed by atoms with Crippen LogP contribution in [0.25, 0.3) is 22.3 Å². The number of amidine groups is 2. The van der Waals surface area contributed by atoms with Crippen LogP contribution in [0.15, 0.2) is 95.2 Å². The average Bonchev–Trinajstić information content (AvgIpc) is 3.89. The zero-order chi connectivity index (χ0) is 39.9. The molecule has 11 rings (SSSR count). The van der Waals surface area contributed by atoms with Crippen molar-refractivity contribution in [3.8, 4) is 45.3 Å². The van der Waals surface area contributed by atoms with E-state index in [2.05, 4.69) is 29.9 Å². The van der Waals surface area contributed by atoms with Gasteiger partial charge in [-0.1, -0.05) is 23.7 Å². The standard InChI is InChI=1S/C22H16F2N4O2.C19H11ClF2N4O2/c23-19-13(2-1-7-26-19)12-5-6-17-14(8-12)22(10-29-21(25)28-22)15-9-16(11-3-4-11)27-20(24)18(15)30-17;20-14-7-12-15(17(22)25-14)28-13-4-3-9(10-2-1-5-24-16(10)21)6-11(13)19(12)8-27-18(23)26-19/h1-2,5-9,11H,3-4,10H2,(H2,25,28);1-7H,8H2,(H2,23,26)/t22-;19-/m00/s1. The van der Waals surface area contributed by atoms with Gasteiger partial charge in [-0.25, -0.2) is 29.9 Å². The minimum atomic E-state index is -1.19. The maximum absolute atomic E-state index is 14.9. The number of nitrogens with zero attached hydrogens (tertiary/aromatic N) is 6. The lowest BCUT2D eigenvalue weighted by molar-refractivity contribution is 0.260. The average molecular weight is 807 g/mol. The number of benzene rings is 2. The molecule has 0 unspecified atom stereocenters. The second kappa shape index (κ2) is 13.1. The van der Waals surface area contributed by atoms with Gasteiger partial charge in [0.25, 0.3) is 23.9 Å². The Hall–Kier alpha value is -6.81. The SMILES string of the molecule is NC1=N[C@@]2(CO1)c1cc(-c3cccnc3F)ccc1Oc1c2cc(C2CC2)nc1F.NC1=N[C@@]2(CO1)c1cc(-c3cccnc3F)ccc1Oc1c2cc(Cl)nc1F. The molecular formula is C41H27ClF4N8O4. The van der Waals surface area contributed by atoms with Crippen molar-refractivity contribution >= 4 is 23.6 Å². The first kappa shape index (κ1) is 35.6. The zero-order valence-electron chi connectivity index (χ0n) is 29.8. The van der Waals surface area contributed by atoms with E-state index in [0.717, 1.165) is 12.8 Å². The molecule has 2 aromatic carbocycles. The van der Waals surface area contributed by atoms with Gasteiger partial charge in [0.1, 0.15) is 29.9 Å². The Morgan fingerprint density at radius 1 is 0.603 bits per heavy atom. The van der Waals surface area contributed by atoms with Crippen molar-refractivity contribution in [1.29, 1.82) is 0 Å². The minimum absolute atomic E-state index is 0.0111. The fourth-order valence-electron chi connectivity index (χ4n) is 7.74. The maximum Gasteiger partial charge on any atom is 0.283 e. The molecule has 2 spiro atoms. The van der Waals surface area contributed by atoms with Crippen molar-refractivity contribution in [1.82, 2.24) is 19.9 Å². The topological polar surface area (TPSA) is 165 Å². The summed E-state index contributed by atoms with van der Waals surface area (Å²) in [6.45, 7) is 0.107. The lowest BCUT2D eigenvalue weighted by atomic mass is 9.80. The van der Waals surface area contributed by atoms with Gasteiger partial charge >= 0.3 is 0 Å². The van der Waals surface area contributed by atoms with Gasteiger partial charge in [0.2, 0.25) is 11.9 Å². The molecule has 58 heavy (non-hydrogen) atoms. The van der Waals surface area contributed by atoms with Crippen LogP contribution >= 0.6 is 11.6 Å². The second-order valence-corrected chi connectivity index (χ2v) is 14.5. The van der Waals surface area contributed by atoms with Gasteiger partial charge in [-0.3, -0.25) is 0 Å². The first-order valence-electron chi connectivity index (χ1n) is 17.9. The number of hydrogen-bond donors (Lipinski definition) is 2. The van der Waals surface area contributed by atoms with E-state index < -0.39 is 34.9 Å². The molecule has 12 nitrogen and oxygen atoms in total. The van der Waals surface area contributed by atoms with Crippen molar-refractivity contribution in [2.45, 2.75) is 29.8 Å². The van der Waals surface area contributed by atoms with Gasteiger partial charge < -0.3 is 30.4 Å². The van der Waals surface area contributed by atoms with Gasteiger partial charge in [0, 0.05) is 57.4 Å². The van der Waals surface area contributed by atoms with Crippen molar-refractivity contribution in [2.75, 3.05) is 13.2 Å². The summed E-state index contributed by atoms with van der Waals surface area (Å²) in [4.78, 5) is 24.1. The van der Waals surface area contributed by atoms with Crippen LogP contribution in [-0.4, -0.2) is 45.2 Å².